The molecule has 1 aliphatic rings. The summed E-state index contributed by atoms with van der Waals surface area (Å²) in [6, 6.07) is 4.92. The molecular weight excluding hydrogens is 326 g/mol. The highest BCUT2D eigenvalue weighted by atomic mass is 32.2. The second-order valence-corrected chi connectivity index (χ2v) is 7.78. The Morgan fingerprint density at radius 3 is 2.83 bits per heavy atom. The monoisotopic (exact) mass is 349 g/mol. The quantitative estimate of drug-likeness (QED) is 0.794. The van der Waals surface area contributed by atoms with E-state index in [2.05, 4.69) is 9.71 Å². The Morgan fingerprint density at radius 1 is 1.38 bits per heavy atom. The molecule has 3 rings (SSSR count). The number of imidazole rings is 1. The van der Waals surface area contributed by atoms with E-state index in [4.69, 9.17) is 4.74 Å². The average molecular weight is 349 g/mol. The molecule has 1 heterocycles. The van der Waals surface area contributed by atoms with Crippen LogP contribution in [0, 0.1) is 6.92 Å². The fraction of sp³-hybridized carbons (Fsp3) is 0.471. The van der Waals surface area contributed by atoms with Crippen molar-refractivity contribution in [1.29, 1.82) is 0 Å². The summed E-state index contributed by atoms with van der Waals surface area (Å²) in [5.41, 5.74) is 0.811. The Hall–Kier alpha value is -1.86. The van der Waals surface area contributed by atoms with Gasteiger partial charge in [0.05, 0.1) is 11.5 Å². The first-order chi connectivity index (χ1) is 11.5. The van der Waals surface area contributed by atoms with Crippen LogP contribution in [0.15, 0.2) is 35.5 Å². The molecule has 7 heteroatoms. The van der Waals surface area contributed by atoms with E-state index in [1.807, 2.05) is 24.6 Å². The number of hydrogen-bond acceptors (Lipinski definition) is 4. The third-order valence-corrected chi connectivity index (χ3v) is 5.55. The molecule has 0 radical (unpaired) electrons. The summed E-state index contributed by atoms with van der Waals surface area (Å²) in [5.74, 6) is 2.32. The molecule has 1 fully saturated rings. The van der Waals surface area contributed by atoms with Gasteiger partial charge in [0.25, 0.3) is 0 Å². The molecular formula is C17H23N3O3S. The Kier molecular flexibility index (Phi) is 4.91. The first kappa shape index (κ1) is 17.0. The zero-order chi connectivity index (χ0) is 17.2. The molecule has 2 aromatic rings. The van der Waals surface area contributed by atoms with Crippen molar-refractivity contribution in [2.45, 2.75) is 44.0 Å². The van der Waals surface area contributed by atoms with Crippen molar-refractivity contribution in [3.8, 4) is 5.75 Å². The van der Waals surface area contributed by atoms with Crippen LogP contribution in [0.25, 0.3) is 0 Å². The van der Waals surface area contributed by atoms with Crippen molar-refractivity contribution in [1.82, 2.24) is 14.3 Å². The normalized spacial score (nSPS) is 14.8. The van der Waals surface area contributed by atoms with Gasteiger partial charge in [-0.1, -0.05) is 0 Å². The second kappa shape index (κ2) is 6.94. The lowest BCUT2D eigenvalue weighted by Gasteiger charge is -2.11. The minimum absolute atomic E-state index is 0.261. The molecule has 130 valence electrons. The maximum Gasteiger partial charge on any atom is 0.240 e. The van der Waals surface area contributed by atoms with E-state index >= 15 is 0 Å². The molecule has 0 atom stereocenters. The summed E-state index contributed by atoms with van der Waals surface area (Å²) in [6.07, 6.45) is 6.03. The second-order valence-electron chi connectivity index (χ2n) is 6.01. The molecule has 0 spiro atoms. The third kappa shape index (κ3) is 3.79. The van der Waals surface area contributed by atoms with Gasteiger partial charge in [0.15, 0.2) is 0 Å². The van der Waals surface area contributed by atoms with Crippen molar-refractivity contribution in [2.24, 2.45) is 0 Å². The number of aryl methyl sites for hydroxylation is 1. The lowest BCUT2D eigenvalue weighted by atomic mass is 10.2. The summed E-state index contributed by atoms with van der Waals surface area (Å²) < 4.78 is 35.0. The molecule has 6 nitrogen and oxygen atoms in total. The number of hydrogen-bond donors (Lipinski definition) is 1. The molecule has 1 N–H and O–H groups in total. The summed E-state index contributed by atoms with van der Waals surface area (Å²) in [4.78, 5) is 4.62. The SMILES string of the molecule is CCOc1ccc(S(=O)(=O)NCCn2ccnc2C2CC2)cc1C. The first-order valence-corrected chi connectivity index (χ1v) is 9.73. The molecule has 0 bridgehead atoms. The van der Waals surface area contributed by atoms with Gasteiger partial charge in [-0.25, -0.2) is 18.1 Å². The van der Waals surface area contributed by atoms with Crippen LogP contribution in [0.3, 0.4) is 0 Å². The third-order valence-electron chi connectivity index (χ3n) is 4.09. The Bertz CT molecular complexity index is 810. The van der Waals surface area contributed by atoms with E-state index in [9.17, 15) is 8.42 Å². The van der Waals surface area contributed by atoms with Gasteiger partial charge in [0, 0.05) is 31.4 Å². The van der Waals surface area contributed by atoms with Gasteiger partial charge in [0.2, 0.25) is 10.0 Å². The van der Waals surface area contributed by atoms with E-state index in [0.29, 0.717) is 31.4 Å². The standard InChI is InChI=1S/C17H23N3O3S/c1-3-23-16-7-6-15(12-13(16)2)24(21,22)19-9-11-20-10-8-18-17(20)14-4-5-14/h6-8,10,12,14,19H,3-5,9,11H2,1-2H3. The van der Waals surface area contributed by atoms with Crippen molar-refractivity contribution in [3.63, 3.8) is 0 Å². The van der Waals surface area contributed by atoms with Gasteiger partial charge in [-0.05, 0) is 50.5 Å². The highest BCUT2D eigenvalue weighted by molar-refractivity contribution is 7.89. The maximum atomic E-state index is 12.4. The average Bonchev–Trinajstić information content (AvgIpc) is 3.28. The first-order valence-electron chi connectivity index (χ1n) is 8.25. The lowest BCUT2D eigenvalue weighted by Crippen LogP contribution is -2.27. The summed E-state index contributed by atoms with van der Waals surface area (Å²) in [7, 11) is -3.52. The number of rotatable bonds is 8. The van der Waals surface area contributed by atoms with E-state index < -0.39 is 10.0 Å². The van der Waals surface area contributed by atoms with E-state index in [-0.39, 0.29) is 4.90 Å². The van der Waals surface area contributed by atoms with E-state index in [1.54, 1.807) is 24.4 Å². The van der Waals surface area contributed by atoms with Crippen LogP contribution >= 0.6 is 0 Å². The number of aromatic nitrogens is 2. The Morgan fingerprint density at radius 2 is 2.17 bits per heavy atom. The largest absolute Gasteiger partial charge is 0.494 e. The van der Waals surface area contributed by atoms with Crippen LogP contribution in [-0.2, 0) is 16.6 Å². The fourth-order valence-electron chi connectivity index (χ4n) is 2.70. The van der Waals surface area contributed by atoms with Gasteiger partial charge in [-0.2, -0.15) is 0 Å². The predicted molar refractivity (Wildman–Crippen MR) is 91.7 cm³/mol. The van der Waals surface area contributed by atoms with Crippen molar-refractivity contribution < 1.29 is 13.2 Å². The number of ether oxygens (including phenoxy) is 1. The van der Waals surface area contributed by atoms with Crippen LogP contribution in [0.5, 0.6) is 5.75 Å². The molecule has 0 aliphatic heterocycles. The van der Waals surface area contributed by atoms with Crippen LogP contribution in [-0.4, -0.2) is 31.1 Å². The molecule has 0 unspecified atom stereocenters. The van der Waals surface area contributed by atoms with E-state index in [0.717, 1.165) is 11.4 Å². The molecule has 1 aromatic heterocycles. The highest BCUT2D eigenvalue weighted by Gasteiger charge is 2.27. The number of sulfonamides is 1. The summed E-state index contributed by atoms with van der Waals surface area (Å²) in [6.45, 7) is 5.22. The summed E-state index contributed by atoms with van der Waals surface area (Å²) in [5, 5.41) is 0. The molecule has 0 saturated heterocycles. The number of nitrogens with zero attached hydrogens (tertiary/aromatic N) is 2. The van der Waals surface area contributed by atoms with Crippen molar-refractivity contribution in [3.05, 3.63) is 42.0 Å². The molecule has 0 amide bonds. The highest BCUT2D eigenvalue weighted by Crippen LogP contribution is 2.38. The van der Waals surface area contributed by atoms with Gasteiger partial charge in [-0.3, -0.25) is 0 Å². The van der Waals surface area contributed by atoms with Gasteiger partial charge in [0.1, 0.15) is 11.6 Å². The lowest BCUT2D eigenvalue weighted by molar-refractivity contribution is 0.337. The van der Waals surface area contributed by atoms with Crippen LogP contribution in [0.4, 0.5) is 0 Å². The van der Waals surface area contributed by atoms with E-state index in [1.165, 1.54) is 12.8 Å². The number of benzene rings is 1. The Balaban J connectivity index is 1.63. The topological polar surface area (TPSA) is 73.2 Å². The summed E-state index contributed by atoms with van der Waals surface area (Å²) >= 11 is 0. The van der Waals surface area contributed by atoms with Crippen LogP contribution in [0.1, 0.15) is 37.1 Å². The Labute approximate surface area is 142 Å². The molecule has 24 heavy (non-hydrogen) atoms. The van der Waals surface area contributed by atoms with Crippen LogP contribution < -0.4 is 9.46 Å². The zero-order valence-corrected chi connectivity index (χ0v) is 14.8. The molecule has 1 saturated carbocycles. The number of nitrogens with one attached hydrogen (secondary N) is 1. The zero-order valence-electron chi connectivity index (χ0n) is 14.0. The van der Waals surface area contributed by atoms with Gasteiger partial charge < -0.3 is 9.30 Å². The van der Waals surface area contributed by atoms with Crippen LogP contribution in [0.2, 0.25) is 0 Å². The van der Waals surface area contributed by atoms with Gasteiger partial charge in [-0.15, -0.1) is 0 Å². The fourth-order valence-corrected chi connectivity index (χ4v) is 3.81. The maximum absolute atomic E-state index is 12.4. The molecule has 1 aromatic carbocycles. The van der Waals surface area contributed by atoms with Crippen molar-refractivity contribution in [2.75, 3.05) is 13.2 Å². The smallest absolute Gasteiger partial charge is 0.240 e. The minimum Gasteiger partial charge on any atom is -0.494 e. The predicted octanol–water partition coefficient (Wildman–Crippen LogP) is 2.45. The van der Waals surface area contributed by atoms with Crippen molar-refractivity contribution >= 4 is 10.0 Å². The minimum atomic E-state index is -3.52. The van der Waals surface area contributed by atoms with Gasteiger partial charge >= 0.3 is 0 Å². The molecule has 1 aliphatic carbocycles.